The Hall–Kier alpha value is -4.63. The molecule has 0 aliphatic carbocycles. The second-order valence-electron chi connectivity index (χ2n) is 11.6. The number of nitrogens with zero attached hydrogens (tertiary/aromatic N) is 2. The van der Waals surface area contributed by atoms with E-state index in [9.17, 15) is 18.0 Å². The van der Waals surface area contributed by atoms with Gasteiger partial charge in [-0.3, -0.25) is 13.9 Å². The van der Waals surface area contributed by atoms with Crippen LogP contribution in [0.2, 0.25) is 0 Å². The summed E-state index contributed by atoms with van der Waals surface area (Å²) in [7, 11) is -4.17. The molecule has 230 valence electrons. The van der Waals surface area contributed by atoms with Gasteiger partial charge in [0.1, 0.15) is 24.1 Å². The first-order chi connectivity index (χ1) is 20.8. The van der Waals surface area contributed by atoms with Crippen molar-refractivity contribution in [1.82, 2.24) is 10.2 Å². The molecule has 9 heteroatoms. The maximum absolute atomic E-state index is 14.2. The van der Waals surface area contributed by atoms with Gasteiger partial charge in [0.25, 0.3) is 10.0 Å². The Morgan fingerprint density at radius 2 is 1.34 bits per heavy atom. The topological polar surface area (TPSA) is 96.0 Å². The fourth-order valence-electron chi connectivity index (χ4n) is 4.58. The maximum atomic E-state index is 14.2. The van der Waals surface area contributed by atoms with Crippen LogP contribution in [0.3, 0.4) is 0 Å². The number of hydrogen-bond donors (Lipinski definition) is 1. The zero-order valence-corrected chi connectivity index (χ0v) is 26.5. The average molecular weight is 614 g/mol. The summed E-state index contributed by atoms with van der Waals surface area (Å²) in [5.74, 6) is 0.295. The monoisotopic (exact) mass is 613 g/mol. The molecule has 0 aliphatic rings. The number of hydrogen-bond acceptors (Lipinski definition) is 5. The smallest absolute Gasteiger partial charge is 0.264 e. The molecule has 2 amide bonds. The van der Waals surface area contributed by atoms with Crippen LogP contribution in [0.4, 0.5) is 5.69 Å². The van der Waals surface area contributed by atoms with Crippen LogP contribution in [0.1, 0.15) is 38.8 Å². The predicted molar refractivity (Wildman–Crippen MR) is 173 cm³/mol. The Balaban J connectivity index is 1.70. The number of para-hydroxylation sites is 1. The van der Waals surface area contributed by atoms with Gasteiger partial charge in [0, 0.05) is 12.1 Å². The molecule has 0 saturated carbocycles. The van der Waals surface area contributed by atoms with Crippen LogP contribution in [-0.4, -0.2) is 43.3 Å². The van der Waals surface area contributed by atoms with Crippen LogP contribution in [0, 0.1) is 6.92 Å². The SMILES string of the molecule is Cc1ccccc1CN(C(=O)CN(c1ccc(Oc2ccccc2)cc1)S(=O)(=O)c1ccccc1)[C@@H](C)C(=O)NC(C)(C)C. The highest BCUT2D eigenvalue weighted by Crippen LogP contribution is 2.28. The number of nitrogens with one attached hydrogen (secondary N) is 1. The molecule has 0 aromatic heterocycles. The third kappa shape index (κ3) is 8.26. The van der Waals surface area contributed by atoms with Gasteiger partial charge in [0.15, 0.2) is 0 Å². The van der Waals surface area contributed by atoms with Crippen LogP contribution in [0.5, 0.6) is 11.5 Å². The summed E-state index contributed by atoms with van der Waals surface area (Å²) in [5.41, 5.74) is 1.58. The largest absolute Gasteiger partial charge is 0.457 e. The van der Waals surface area contributed by atoms with Crippen molar-refractivity contribution in [3.63, 3.8) is 0 Å². The van der Waals surface area contributed by atoms with Crippen molar-refractivity contribution in [2.24, 2.45) is 0 Å². The lowest BCUT2D eigenvalue weighted by Gasteiger charge is -2.33. The van der Waals surface area contributed by atoms with Crippen LogP contribution in [0.15, 0.2) is 114 Å². The van der Waals surface area contributed by atoms with Crippen molar-refractivity contribution in [3.8, 4) is 11.5 Å². The lowest BCUT2D eigenvalue weighted by Crippen LogP contribution is -2.54. The molecule has 0 spiro atoms. The van der Waals surface area contributed by atoms with Crippen molar-refractivity contribution in [2.45, 2.75) is 57.6 Å². The first-order valence-corrected chi connectivity index (χ1v) is 15.9. The minimum atomic E-state index is -4.17. The summed E-state index contributed by atoms with van der Waals surface area (Å²) in [6, 6.07) is 30.5. The van der Waals surface area contributed by atoms with Gasteiger partial charge in [-0.25, -0.2) is 8.42 Å². The summed E-state index contributed by atoms with van der Waals surface area (Å²) in [6.45, 7) is 8.80. The Morgan fingerprint density at radius 1 is 0.795 bits per heavy atom. The van der Waals surface area contributed by atoms with Crippen molar-refractivity contribution in [3.05, 3.63) is 120 Å². The lowest BCUT2D eigenvalue weighted by molar-refractivity contribution is -0.140. The number of rotatable bonds is 11. The number of anilines is 1. The van der Waals surface area contributed by atoms with Crippen LogP contribution < -0.4 is 14.4 Å². The highest BCUT2D eigenvalue weighted by molar-refractivity contribution is 7.92. The van der Waals surface area contributed by atoms with Crippen LogP contribution >= 0.6 is 0 Å². The van der Waals surface area contributed by atoms with Gasteiger partial charge >= 0.3 is 0 Å². The third-order valence-electron chi connectivity index (χ3n) is 6.98. The van der Waals surface area contributed by atoms with E-state index in [4.69, 9.17) is 4.74 Å². The Labute approximate surface area is 260 Å². The summed E-state index contributed by atoms with van der Waals surface area (Å²) < 4.78 is 35.0. The van der Waals surface area contributed by atoms with Gasteiger partial charge in [-0.1, -0.05) is 60.7 Å². The molecular formula is C35H39N3O5S. The molecule has 8 nitrogen and oxygen atoms in total. The van der Waals surface area contributed by atoms with E-state index in [1.54, 1.807) is 49.4 Å². The van der Waals surface area contributed by atoms with Gasteiger partial charge in [-0.05, 0) is 94.3 Å². The van der Waals surface area contributed by atoms with E-state index in [2.05, 4.69) is 5.32 Å². The molecule has 0 heterocycles. The zero-order valence-electron chi connectivity index (χ0n) is 25.7. The molecule has 0 radical (unpaired) electrons. The molecular weight excluding hydrogens is 574 g/mol. The van der Waals surface area contributed by atoms with E-state index in [1.165, 1.54) is 17.0 Å². The fraction of sp³-hybridized carbons (Fsp3) is 0.257. The van der Waals surface area contributed by atoms with Gasteiger partial charge in [0.05, 0.1) is 10.6 Å². The fourth-order valence-corrected chi connectivity index (χ4v) is 6.02. The summed E-state index contributed by atoms with van der Waals surface area (Å²) in [5, 5.41) is 2.94. The molecule has 4 aromatic carbocycles. The van der Waals surface area contributed by atoms with Crippen LogP contribution in [0.25, 0.3) is 0 Å². The number of carbonyl (C=O) groups is 2. The first kappa shape index (κ1) is 32.3. The average Bonchev–Trinajstić information content (AvgIpc) is 2.99. The number of amides is 2. The van der Waals surface area contributed by atoms with Crippen molar-refractivity contribution >= 4 is 27.5 Å². The summed E-state index contributed by atoms with van der Waals surface area (Å²) in [4.78, 5) is 28.9. The quantitative estimate of drug-likeness (QED) is 0.214. The standard InChI is InChI=1S/C35H39N3O5S/c1-26-14-12-13-15-28(26)24-37(27(2)34(40)36-35(3,4)5)33(39)25-38(44(41,42)32-18-10-7-11-19-32)29-20-22-31(23-21-29)43-30-16-8-6-9-17-30/h6-23,27H,24-25H2,1-5H3,(H,36,40)/t27-/m0/s1. The number of sulfonamides is 1. The first-order valence-electron chi connectivity index (χ1n) is 14.4. The number of ether oxygens (including phenoxy) is 1. The minimum Gasteiger partial charge on any atom is -0.457 e. The van der Waals surface area contributed by atoms with Gasteiger partial charge in [0.2, 0.25) is 11.8 Å². The highest BCUT2D eigenvalue weighted by atomic mass is 32.2. The molecule has 4 rings (SSSR count). The molecule has 4 aromatic rings. The third-order valence-corrected chi connectivity index (χ3v) is 8.77. The van der Waals surface area contributed by atoms with Crippen molar-refractivity contribution < 1.29 is 22.7 Å². The van der Waals surface area contributed by atoms with Crippen molar-refractivity contribution in [2.75, 3.05) is 10.8 Å². The molecule has 0 bridgehead atoms. The molecule has 1 N–H and O–H groups in total. The summed E-state index contributed by atoms with van der Waals surface area (Å²) in [6.07, 6.45) is 0. The molecule has 0 aliphatic heterocycles. The molecule has 0 unspecified atom stereocenters. The van der Waals surface area contributed by atoms with Gasteiger partial charge in [-0.15, -0.1) is 0 Å². The molecule has 44 heavy (non-hydrogen) atoms. The summed E-state index contributed by atoms with van der Waals surface area (Å²) >= 11 is 0. The lowest BCUT2D eigenvalue weighted by atomic mass is 10.1. The van der Waals surface area contributed by atoms with Gasteiger partial charge in [-0.2, -0.15) is 0 Å². The number of carbonyl (C=O) groups excluding carboxylic acids is 2. The molecule has 0 fully saturated rings. The Bertz CT molecular complexity index is 1670. The van der Waals surface area contributed by atoms with E-state index >= 15 is 0 Å². The predicted octanol–water partition coefficient (Wildman–Crippen LogP) is 6.31. The van der Waals surface area contributed by atoms with E-state index in [1.807, 2.05) is 82.3 Å². The second kappa shape index (κ2) is 13.8. The number of aryl methyl sites for hydroxylation is 1. The minimum absolute atomic E-state index is 0.0430. The maximum Gasteiger partial charge on any atom is 0.264 e. The second-order valence-corrected chi connectivity index (χ2v) is 13.5. The molecule has 0 saturated heterocycles. The van der Waals surface area contributed by atoms with Gasteiger partial charge < -0.3 is 15.0 Å². The zero-order chi connectivity index (χ0) is 31.9. The normalized spacial score (nSPS) is 12.2. The molecule has 1 atom stereocenters. The van der Waals surface area contributed by atoms with E-state index < -0.39 is 34.1 Å². The van der Waals surface area contributed by atoms with E-state index in [-0.39, 0.29) is 23.0 Å². The highest BCUT2D eigenvalue weighted by Gasteiger charge is 2.33. The van der Waals surface area contributed by atoms with E-state index in [0.29, 0.717) is 11.5 Å². The van der Waals surface area contributed by atoms with Crippen molar-refractivity contribution in [1.29, 1.82) is 0 Å². The van der Waals surface area contributed by atoms with E-state index in [0.717, 1.165) is 15.4 Å². The Morgan fingerprint density at radius 3 is 1.93 bits per heavy atom. The number of benzene rings is 4. The Kier molecular flexibility index (Phi) is 10.1. The van der Waals surface area contributed by atoms with Crippen LogP contribution in [-0.2, 0) is 26.2 Å².